The zero-order chi connectivity index (χ0) is 9.84. The van der Waals surface area contributed by atoms with E-state index >= 15 is 0 Å². The lowest BCUT2D eigenvalue weighted by Gasteiger charge is -2.12. The summed E-state index contributed by atoms with van der Waals surface area (Å²) >= 11 is 0. The number of carbonyl (C=O) groups is 1. The summed E-state index contributed by atoms with van der Waals surface area (Å²) in [6.45, 7) is 0. The predicted molar refractivity (Wildman–Crippen MR) is 51.3 cm³/mol. The van der Waals surface area contributed by atoms with E-state index in [-0.39, 0.29) is 0 Å². The van der Waals surface area contributed by atoms with Crippen molar-refractivity contribution in [1.29, 1.82) is 0 Å². The number of carbonyl (C=O) groups excluding carboxylic acids is 1. The maximum atomic E-state index is 10.7. The Labute approximate surface area is 77.4 Å². The number of primary amides is 1. The maximum absolute atomic E-state index is 10.7. The Kier molecular flexibility index (Phi) is 2.74. The molecule has 0 aromatic rings. The van der Waals surface area contributed by atoms with E-state index in [1.807, 2.05) is 25.2 Å². The Bertz CT molecular complexity index is 300. The first-order valence-corrected chi connectivity index (χ1v) is 3.92. The van der Waals surface area contributed by atoms with Gasteiger partial charge in [0.05, 0.1) is 11.3 Å². The summed E-state index contributed by atoms with van der Waals surface area (Å²) in [7, 11) is 3.85. The van der Waals surface area contributed by atoms with Gasteiger partial charge in [0.1, 0.15) is 0 Å². The molecule has 0 spiro atoms. The summed E-state index contributed by atoms with van der Waals surface area (Å²) in [5.41, 5.74) is 6.49. The van der Waals surface area contributed by atoms with Gasteiger partial charge >= 0.3 is 0 Å². The maximum Gasteiger partial charge on any atom is 0.250 e. The van der Waals surface area contributed by atoms with Gasteiger partial charge in [0, 0.05) is 26.5 Å². The van der Waals surface area contributed by atoms with Crippen LogP contribution in [0.25, 0.3) is 0 Å². The molecule has 0 bridgehead atoms. The van der Waals surface area contributed by atoms with Crippen LogP contribution in [0, 0.1) is 0 Å². The molecule has 1 aliphatic heterocycles. The van der Waals surface area contributed by atoms with E-state index in [2.05, 4.69) is 5.32 Å². The number of allylic oxidation sites excluding steroid dienone is 1. The molecule has 0 aromatic heterocycles. The normalized spacial score (nSPS) is 18.0. The highest BCUT2D eigenvalue weighted by Gasteiger charge is 2.04. The Hall–Kier alpha value is -1.71. The molecular weight excluding hydrogens is 166 g/mol. The minimum Gasteiger partial charge on any atom is -0.382 e. The van der Waals surface area contributed by atoms with Crippen LogP contribution in [-0.4, -0.2) is 24.9 Å². The number of rotatable bonds is 2. The van der Waals surface area contributed by atoms with Gasteiger partial charge in [-0.3, -0.25) is 4.79 Å². The molecule has 1 heterocycles. The average molecular weight is 179 g/mol. The van der Waals surface area contributed by atoms with Crippen molar-refractivity contribution in [3.8, 4) is 0 Å². The standard InChI is InChI=1S/C9H13N3O/c1-12(2)6-8-4-3-7(5-11-8)9(10)13/h3-6,11H,1-2H3,(H2,10,13)/b8-6-. The van der Waals surface area contributed by atoms with Gasteiger partial charge in [-0.2, -0.15) is 0 Å². The lowest BCUT2D eigenvalue weighted by atomic mass is 10.2. The summed E-state index contributed by atoms with van der Waals surface area (Å²) in [5, 5.41) is 2.95. The Morgan fingerprint density at radius 2 is 2.23 bits per heavy atom. The van der Waals surface area contributed by atoms with Crippen molar-refractivity contribution >= 4 is 5.91 Å². The fraction of sp³-hybridized carbons (Fsp3) is 0.222. The number of nitrogens with one attached hydrogen (secondary N) is 1. The Balaban J connectivity index is 2.69. The molecule has 3 N–H and O–H groups in total. The van der Waals surface area contributed by atoms with Gasteiger partial charge in [-0.05, 0) is 12.2 Å². The molecule has 13 heavy (non-hydrogen) atoms. The monoisotopic (exact) mass is 179 g/mol. The van der Waals surface area contributed by atoms with Crippen molar-refractivity contribution in [1.82, 2.24) is 10.2 Å². The Morgan fingerprint density at radius 3 is 2.62 bits per heavy atom. The molecule has 70 valence electrons. The van der Waals surface area contributed by atoms with E-state index in [9.17, 15) is 4.79 Å². The second-order valence-corrected chi connectivity index (χ2v) is 2.99. The topological polar surface area (TPSA) is 58.4 Å². The molecule has 0 fully saturated rings. The smallest absolute Gasteiger partial charge is 0.250 e. The third-order valence-corrected chi connectivity index (χ3v) is 1.52. The minimum atomic E-state index is -0.423. The quantitative estimate of drug-likeness (QED) is 0.623. The number of nitrogens with two attached hydrogens (primary N) is 1. The van der Waals surface area contributed by atoms with Crippen LogP contribution >= 0.6 is 0 Å². The van der Waals surface area contributed by atoms with Crippen molar-refractivity contribution < 1.29 is 4.79 Å². The van der Waals surface area contributed by atoms with E-state index < -0.39 is 5.91 Å². The van der Waals surface area contributed by atoms with Gasteiger partial charge in [0.2, 0.25) is 5.91 Å². The molecular formula is C9H13N3O. The van der Waals surface area contributed by atoms with Gasteiger partial charge in [-0.15, -0.1) is 0 Å². The van der Waals surface area contributed by atoms with Crippen LogP contribution in [0.3, 0.4) is 0 Å². The number of hydrogen-bond donors (Lipinski definition) is 2. The zero-order valence-corrected chi connectivity index (χ0v) is 7.74. The average Bonchev–Trinajstić information content (AvgIpc) is 2.04. The van der Waals surface area contributed by atoms with E-state index in [4.69, 9.17) is 5.73 Å². The minimum absolute atomic E-state index is 0.423. The third-order valence-electron chi connectivity index (χ3n) is 1.52. The molecule has 4 nitrogen and oxygen atoms in total. The molecule has 0 radical (unpaired) electrons. The van der Waals surface area contributed by atoms with Gasteiger partial charge in [0.15, 0.2) is 0 Å². The van der Waals surface area contributed by atoms with Crippen LogP contribution in [0.2, 0.25) is 0 Å². The SMILES string of the molecule is CN(C)/C=C1/C=CC(C(N)=O)=CN1. The molecule has 0 saturated carbocycles. The van der Waals surface area contributed by atoms with Crippen LogP contribution in [0.1, 0.15) is 0 Å². The van der Waals surface area contributed by atoms with Crippen LogP contribution in [0.4, 0.5) is 0 Å². The van der Waals surface area contributed by atoms with Crippen molar-refractivity contribution in [3.63, 3.8) is 0 Å². The molecule has 1 rings (SSSR count). The van der Waals surface area contributed by atoms with E-state index in [0.717, 1.165) is 5.70 Å². The Morgan fingerprint density at radius 1 is 1.54 bits per heavy atom. The highest BCUT2D eigenvalue weighted by atomic mass is 16.1. The molecule has 0 unspecified atom stereocenters. The number of hydrogen-bond acceptors (Lipinski definition) is 3. The van der Waals surface area contributed by atoms with Crippen molar-refractivity contribution in [2.75, 3.05) is 14.1 Å². The summed E-state index contributed by atoms with van der Waals surface area (Å²) in [6, 6.07) is 0. The van der Waals surface area contributed by atoms with Crippen LogP contribution in [0.15, 0.2) is 35.8 Å². The number of nitrogens with zero attached hydrogens (tertiary/aromatic N) is 1. The molecule has 0 saturated heterocycles. The van der Waals surface area contributed by atoms with Crippen LogP contribution < -0.4 is 11.1 Å². The first-order chi connectivity index (χ1) is 6.09. The highest BCUT2D eigenvalue weighted by molar-refractivity contribution is 5.95. The van der Waals surface area contributed by atoms with Crippen molar-refractivity contribution in [3.05, 3.63) is 35.8 Å². The van der Waals surface area contributed by atoms with Gasteiger partial charge in [-0.1, -0.05) is 0 Å². The first-order valence-electron chi connectivity index (χ1n) is 3.92. The van der Waals surface area contributed by atoms with Gasteiger partial charge in [0.25, 0.3) is 0 Å². The molecule has 1 aliphatic rings. The second kappa shape index (κ2) is 3.80. The van der Waals surface area contributed by atoms with E-state index in [0.29, 0.717) is 5.57 Å². The zero-order valence-electron chi connectivity index (χ0n) is 7.74. The van der Waals surface area contributed by atoms with Crippen LogP contribution in [-0.2, 0) is 4.79 Å². The van der Waals surface area contributed by atoms with Gasteiger partial charge in [-0.25, -0.2) is 0 Å². The molecule has 1 amide bonds. The summed E-state index contributed by atoms with van der Waals surface area (Å²) in [6.07, 6.45) is 7.00. The largest absolute Gasteiger partial charge is 0.382 e. The number of amides is 1. The highest BCUT2D eigenvalue weighted by Crippen LogP contribution is 2.05. The fourth-order valence-corrected chi connectivity index (χ4v) is 0.949. The molecule has 0 aromatic carbocycles. The lowest BCUT2D eigenvalue weighted by Crippen LogP contribution is -2.19. The second-order valence-electron chi connectivity index (χ2n) is 2.99. The molecule has 0 atom stereocenters. The van der Waals surface area contributed by atoms with Crippen LogP contribution in [0.5, 0.6) is 0 Å². The van der Waals surface area contributed by atoms with E-state index in [1.54, 1.807) is 18.4 Å². The predicted octanol–water partition coefficient (Wildman–Crippen LogP) is -0.0820. The van der Waals surface area contributed by atoms with E-state index in [1.165, 1.54) is 0 Å². The van der Waals surface area contributed by atoms with Crippen molar-refractivity contribution in [2.45, 2.75) is 0 Å². The molecule has 4 heteroatoms. The van der Waals surface area contributed by atoms with Gasteiger partial charge < -0.3 is 16.0 Å². The summed E-state index contributed by atoms with van der Waals surface area (Å²) in [5.74, 6) is -0.423. The third kappa shape index (κ3) is 2.66. The number of dihydropyridines is 1. The fourth-order valence-electron chi connectivity index (χ4n) is 0.949. The lowest BCUT2D eigenvalue weighted by molar-refractivity contribution is -0.114. The molecule has 0 aliphatic carbocycles. The van der Waals surface area contributed by atoms with Crippen molar-refractivity contribution in [2.24, 2.45) is 5.73 Å². The summed E-state index contributed by atoms with van der Waals surface area (Å²) < 4.78 is 0. The first kappa shape index (κ1) is 9.38. The summed E-state index contributed by atoms with van der Waals surface area (Å²) in [4.78, 5) is 12.6.